The van der Waals surface area contributed by atoms with Gasteiger partial charge in [-0.15, -0.1) is 0 Å². The van der Waals surface area contributed by atoms with Crippen molar-refractivity contribution < 1.29 is 17.9 Å². The Morgan fingerprint density at radius 2 is 1.57 bits per heavy atom. The first-order chi connectivity index (χ1) is 17.7. The molecule has 4 rings (SSSR count). The van der Waals surface area contributed by atoms with Crippen molar-refractivity contribution in [1.82, 2.24) is 4.31 Å². The molecule has 0 radical (unpaired) electrons. The van der Waals surface area contributed by atoms with Gasteiger partial charge in [0, 0.05) is 16.6 Å². The van der Waals surface area contributed by atoms with E-state index in [4.69, 9.17) is 27.9 Å². The van der Waals surface area contributed by atoms with Crippen LogP contribution >= 0.6 is 23.2 Å². The van der Waals surface area contributed by atoms with Crippen LogP contribution in [0.2, 0.25) is 10.0 Å². The summed E-state index contributed by atoms with van der Waals surface area (Å²) in [6, 6.07) is 27.2. The number of carbonyl (C=O) groups is 1. The summed E-state index contributed by atoms with van der Waals surface area (Å²) in [6.45, 7) is 1.49. The van der Waals surface area contributed by atoms with Gasteiger partial charge in [-0.25, -0.2) is 8.42 Å². The maximum atomic E-state index is 13.5. The Morgan fingerprint density at radius 1 is 0.865 bits per heavy atom. The van der Waals surface area contributed by atoms with Crippen molar-refractivity contribution in [1.29, 1.82) is 0 Å². The first-order valence-corrected chi connectivity index (χ1v) is 13.5. The van der Waals surface area contributed by atoms with Crippen molar-refractivity contribution in [3.63, 3.8) is 0 Å². The van der Waals surface area contributed by atoms with E-state index in [9.17, 15) is 13.2 Å². The molecule has 0 spiro atoms. The molecule has 0 fully saturated rings. The third-order valence-electron chi connectivity index (χ3n) is 5.40. The van der Waals surface area contributed by atoms with E-state index in [-0.39, 0.29) is 11.4 Å². The molecule has 37 heavy (non-hydrogen) atoms. The van der Waals surface area contributed by atoms with Gasteiger partial charge in [0.1, 0.15) is 5.75 Å². The van der Waals surface area contributed by atoms with Crippen molar-refractivity contribution in [3.8, 4) is 11.5 Å². The summed E-state index contributed by atoms with van der Waals surface area (Å²) < 4.78 is 34.1. The molecule has 0 aliphatic carbocycles. The number of sulfonamides is 1. The van der Waals surface area contributed by atoms with Gasteiger partial charge in [-0.3, -0.25) is 4.79 Å². The van der Waals surface area contributed by atoms with Gasteiger partial charge in [-0.1, -0.05) is 71.2 Å². The number of carbonyl (C=O) groups excluding carboxylic acids is 1. The highest BCUT2D eigenvalue weighted by Gasteiger charge is 2.27. The lowest BCUT2D eigenvalue weighted by Gasteiger charge is -2.22. The van der Waals surface area contributed by atoms with Gasteiger partial charge < -0.3 is 10.1 Å². The lowest BCUT2D eigenvalue weighted by Crippen LogP contribution is -2.37. The van der Waals surface area contributed by atoms with Crippen LogP contribution in [-0.4, -0.2) is 25.2 Å². The van der Waals surface area contributed by atoms with Gasteiger partial charge >= 0.3 is 0 Å². The van der Waals surface area contributed by atoms with E-state index in [0.717, 1.165) is 15.4 Å². The molecule has 1 amide bonds. The summed E-state index contributed by atoms with van der Waals surface area (Å²) >= 11 is 12.1. The SMILES string of the molecule is Cc1cccc(CN(CC(=O)Nc2cc(Cl)ccc2Oc2ccccc2)S(=O)(=O)c2ccc(Cl)cc2)c1. The minimum Gasteiger partial charge on any atom is -0.455 e. The third kappa shape index (κ3) is 7.11. The molecule has 0 atom stereocenters. The number of nitrogens with zero attached hydrogens (tertiary/aromatic N) is 1. The van der Waals surface area contributed by atoms with Crippen LogP contribution in [0, 0.1) is 6.92 Å². The number of amides is 1. The highest BCUT2D eigenvalue weighted by molar-refractivity contribution is 7.89. The standard InChI is InChI=1S/C28H24Cl2N2O4S/c1-20-6-5-7-21(16-20)18-32(37(34,35)25-13-10-22(29)11-14-25)19-28(33)31-26-17-23(30)12-15-27(26)36-24-8-3-2-4-9-24/h2-17H,18-19H2,1H3,(H,31,33). The van der Waals surface area contributed by atoms with Gasteiger partial charge in [0.05, 0.1) is 17.1 Å². The molecule has 4 aromatic rings. The van der Waals surface area contributed by atoms with E-state index in [2.05, 4.69) is 5.32 Å². The first kappa shape index (κ1) is 26.7. The zero-order valence-corrected chi connectivity index (χ0v) is 22.2. The monoisotopic (exact) mass is 554 g/mol. The molecule has 6 nitrogen and oxygen atoms in total. The number of anilines is 1. The Hall–Kier alpha value is -3.36. The number of halogens is 2. The maximum absolute atomic E-state index is 13.5. The molecular weight excluding hydrogens is 531 g/mol. The van der Waals surface area contributed by atoms with E-state index in [1.165, 1.54) is 24.3 Å². The number of rotatable bonds is 9. The Morgan fingerprint density at radius 3 is 2.27 bits per heavy atom. The van der Waals surface area contributed by atoms with Gasteiger partial charge in [-0.05, 0) is 67.1 Å². The number of hydrogen-bond donors (Lipinski definition) is 1. The molecule has 1 N–H and O–H groups in total. The lowest BCUT2D eigenvalue weighted by atomic mass is 10.1. The fourth-order valence-corrected chi connectivity index (χ4v) is 5.33. The molecule has 0 aromatic heterocycles. The fourth-order valence-electron chi connectivity index (χ4n) is 3.65. The smallest absolute Gasteiger partial charge is 0.243 e. The average Bonchev–Trinajstić information content (AvgIpc) is 2.86. The second-order valence-electron chi connectivity index (χ2n) is 8.32. The van der Waals surface area contributed by atoms with Crippen LogP contribution in [0.25, 0.3) is 0 Å². The van der Waals surface area contributed by atoms with Crippen molar-refractivity contribution in [2.24, 2.45) is 0 Å². The lowest BCUT2D eigenvalue weighted by molar-refractivity contribution is -0.116. The molecule has 0 unspecified atom stereocenters. The van der Waals surface area contributed by atoms with Gasteiger partial charge in [0.15, 0.2) is 5.75 Å². The van der Waals surface area contributed by atoms with Crippen LogP contribution in [0.1, 0.15) is 11.1 Å². The number of benzene rings is 4. The Bertz CT molecular complexity index is 1490. The molecule has 0 aliphatic rings. The van der Waals surface area contributed by atoms with E-state index in [0.29, 0.717) is 27.2 Å². The van der Waals surface area contributed by atoms with Crippen LogP contribution in [-0.2, 0) is 21.4 Å². The first-order valence-electron chi connectivity index (χ1n) is 11.3. The minimum atomic E-state index is -4.03. The molecule has 0 saturated heterocycles. The summed E-state index contributed by atoms with van der Waals surface area (Å²) in [6.07, 6.45) is 0. The van der Waals surface area contributed by atoms with Crippen LogP contribution < -0.4 is 10.1 Å². The molecular formula is C28H24Cl2N2O4S. The number of nitrogens with one attached hydrogen (secondary N) is 1. The third-order valence-corrected chi connectivity index (χ3v) is 7.69. The van der Waals surface area contributed by atoms with Gasteiger partial charge in [0.2, 0.25) is 15.9 Å². The second kappa shape index (κ2) is 11.8. The zero-order valence-electron chi connectivity index (χ0n) is 19.9. The molecule has 9 heteroatoms. The number of hydrogen-bond acceptors (Lipinski definition) is 4. The molecule has 0 saturated carbocycles. The van der Waals surface area contributed by atoms with E-state index in [1.54, 1.807) is 30.3 Å². The molecule has 0 bridgehead atoms. The number of aryl methyl sites for hydroxylation is 1. The highest BCUT2D eigenvalue weighted by atomic mass is 35.5. The Kier molecular flexibility index (Phi) is 8.51. The fraction of sp³-hybridized carbons (Fsp3) is 0.107. The summed E-state index contributed by atoms with van der Waals surface area (Å²) in [5.74, 6) is 0.395. The molecule has 4 aromatic carbocycles. The minimum absolute atomic E-state index is 0.00295. The predicted octanol–water partition coefficient (Wildman–Crippen LogP) is 6.92. The number of para-hydroxylation sites is 1. The van der Waals surface area contributed by atoms with Crippen LogP contribution in [0.4, 0.5) is 5.69 Å². The Balaban J connectivity index is 1.61. The summed E-state index contributed by atoms with van der Waals surface area (Å²) in [5.41, 5.74) is 2.05. The molecule has 0 heterocycles. The topological polar surface area (TPSA) is 75.7 Å². The summed E-state index contributed by atoms with van der Waals surface area (Å²) in [7, 11) is -4.03. The number of ether oxygens (including phenoxy) is 1. The van der Waals surface area contributed by atoms with E-state index < -0.39 is 22.5 Å². The predicted molar refractivity (Wildman–Crippen MR) is 147 cm³/mol. The molecule has 0 aliphatic heterocycles. The van der Waals surface area contributed by atoms with Crippen molar-refractivity contribution >= 4 is 44.8 Å². The largest absolute Gasteiger partial charge is 0.455 e. The van der Waals surface area contributed by atoms with Crippen molar-refractivity contribution in [2.75, 3.05) is 11.9 Å². The van der Waals surface area contributed by atoms with E-state index in [1.807, 2.05) is 49.4 Å². The average molecular weight is 555 g/mol. The van der Waals surface area contributed by atoms with Crippen molar-refractivity contribution in [3.05, 3.63) is 118 Å². The van der Waals surface area contributed by atoms with Gasteiger partial charge in [0.25, 0.3) is 0 Å². The van der Waals surface area contributed by atoms with Gasteiger partial charge in [-0.2, -0.15) is 4.31 Å². The Labute approximate surface area is 226 Å². The normalized spacial score (nSPS) is 11.4. The maximum Gasteiger partial charge on any atom is 0.243 e. The highest BCUT2D eigenvalue weighted by Crippen LogP contribution is 2.32. The van der Waals surface area contributed by atoms with E-state index >= 15 is 0 Å². The van der Waals surface area contributed by atoms with Crippen LogP contribution in [0.15, 0.2) is 102 Å². The quantitative estimate of drug-likeness (QED) is 0.243. The van der Waals surface area contributed by atoms with Crippen LogP contribution in [0.3, 0.4) is 0 Å². The summed E-state index contributed by atoms with van der Waals surface area (Å²) in [4.78, 5) is 13.2. The van der Waals surface area contributed by atoms with Crippen LogP contribution in [0.5, 0.6) is 11.5 Å². The zero-order chi connectivity index (χ0) is 26.4. The van der Waals surface area contributed by atoms with Crippen molar-refractivity contribution in [2.45, 2.75) is 18.4 Å². The summed E-state index contributed by atoms with van der Waals surface area (Å²) in [5, 5.41) is 3.56. The second-order valence-corrected chi connectivity index (χ2v) is 11.1. The molecule has 190 valence electrons.